The van der Waals surface area contributed by atoms with Crippen LogP contribution in [-0.4, -0.2) is 13.2 Å². The van der Waals surface area contributed by atoms with Crippen LogP contribution in [0.25, 0.3) is 4.85 Å². The molecule has 130 valence electrons. The number of benzene rings is 2. The molecule has 3 rings (SSSR count). The van der Waals surface area contributed by atoms with Crippen LogP contribution in [-0.2, 0) is 6.54 Å². The van der Waals surface area contributed by atoms with Gasteiger partial charge >= 0.3 is 0 Å². The molecule has 0 aromatic heterocycles. The summed E-state index contributed by atoms with van der Waals surface area (Å²) in [7, 11) is 1.69. The Hall–Kier alpha value is -2.31. The molecule has 1 N–H and O–H groups in total. The monoisotopic (exact) mass is 335 g/mol. The minimum absolute atomic E-state index is 0.00645. The molecule has 0 spiro atoms. The molecule has 3 heteroatoms. The van der Waals surface area contributed by atoms with Crippen LogP contribution in [0.3, 0.4) is 0 Å². The summed E-state index contributed by atoms with van der Waals surface area (Å²) in [5.41, 5.74) is 2.43. The van der Waals surface area contributed by atoms with Gasteiger partial charge in [0.1, 0.15) is 5.75 Å². The zero-order chi connectivity index (χ0) is 17.3. The Kier molecular flexibility index (Phi) is 6.48. The van der Waals surface area contributed by atoms with Crippen LogP contribution in [0, 0.1) is 6.07 Å². The summed E-state index contributed by atoms with van der Waals surface area (Å²) in [6.07, 6.45) is 6.32. The number of nitrogens with zero attached hydrogens (tertiary/aromatic N) is 1. The Bertz CT molecular complexity index is 694. The summed E-state index contributed by atoms with van der Waals surface area (Å²) < 4.78 is 5.27. The van der Waals surface area contributed by atoms with Gasteiger partial charge < -0.3 is 4.74 Å². The molecule has 0 amide bonds. The fourth-order valence-corrected chi connectivity index (χ4v) is 3.24. The van der Waals surface area contributed by atoms with Crippen molar-refractivity contribution in [1.29, 1.82) is 0 Å². The molecule has 1 fully saturated rings. The minimum atomic E-state index is -0.00645. The number of ether oxygens (including phenoxy) is 1. The van der Waals surface area contributed by atoms with Crippen LogP contribution < -0.4 is 10.1 Å². The SMILES string of the molecule is COc1ccc(C(C#[N+]C2CCCCC2)NCc2ccccc2)cc1. The molecule has 1 atom stereocenters. The molecule has 3 nitrogen and oxygen atoms in total. The fraction of sp³-hybridized carbons (Fsp3) is 0.409. The van der Waals surface area contributed by atoms with Crippen molar-refractivity contribution in [2.24, 2.45) is 0 Å². The van der Waals surface area contributed by atoms with E-state index in [4.69, 9.17) is 9.58 Å². The molecular formula is C22H27N2O+. The zero-order valence-corrected chi connectivity index (χ0v) is 14.9. The molecule has 1 aliphatic rings. The van der Waals surface area contributed by atoms with Crippen LogP contribution >= 0.6 is 0 Å². The standard InChI is InChI=1S/C22H27N2O/c1-25-21-14-12-19(13-15-21)22(17-23-20-10-6-3-7-11-20)24-16-18-8-4-2-5-9-18/h2,4-5,8-9,12-15,20,22,24H,3,6-7,10-11,16H2,1H3/q+1. The highest BCUT2D eigenvalue weighted by molar-refractivity contribution is 5.32. The first kappa shape index (κ1) is 17.5. The molecule has 1 unspecified atom stereocenters. The van der Waals surface area contributed by atoms with E-state index in [0.29, 0.717) is 6.04 Å². The lowest BCUT2D eigenvalue weighted by Gasteiger charge is -2.11. The van der Waals surface area contributed by atoms with Gasteiger partial charge in [-0.1, -0.05) is 53.7 Å². The van der Waals surface area contributed by atoms with Crippen molar-refractivity contribution in [3.05, 3.63) is 70.6 Å². The molecule has 2 aromatic carbocycles. The molecular weight excluding hydrogens is 308 g/mol. The van der Waals surface area contributed by atoms with E-state index in [1.165, 1.54) is 37.7 Å². The Morgan fingerprint density at radius 3 is 2.44 bits per heavy atom. The van der Waals surface area contributed by atoms with Crippen molar-refractivity contribution < 1.29 is 4.74 Å². The van der Waals surface area contributed by atoms with Crippen LogP contribution in [0.4, 0.5) is 0 Å². The van der Waals surface area contributed by atoms with Gasteiger partial charge in [0.15, 0.2) is 6.04 Å². The lowest BCUT2D eigenvalue weighted by Crippen LogP contribution is -2.20. The number of hydrogen-bond acceptors (Lipinski definition) is 2. The Labute approximate surface area is 150 Å². The lowest BCUT2D eigenvalue weighted by atomic mass is 9.96. The van der Waals surface area contributed by atoms with E-state index in [1.54, 1.807) is 7.11 Å². The van der Waals surface area contributed by atoms with Gasteiger partial charge in [-0.25, -0.2) is 0 Å². The van der Waals surface area contributed by atoms with Crippen LogP contribution in [0.15, 0.2) is 54.6 Å². The molecule has 2 aromatic rings. The van der Waals surface area contributed by atoms with E-state index in [0.717, 1.165) is 17.9 Å². The third-order valence-electron chi connectivity index (χ3n) is 4.76. The van der Waals surface area contributed by atoms with E-state index < -0.39 is 0 Å². The molecule has 0 radical (unpaired) electrons. The van der Waals surface area contributed by atoms with Crippen LogP contribution in [0.1, 0.15) is 49.3 Å². The average molecular weight is 335 g/mol. The molecule has 0 bridgehead atoms. The summed E-state index contributed by atoms with van der Waals surface area (Å²) in [6.45, 7) is 0.796. The highest BCUT2D eigenvalue weighted by Crippen LogP contribution is 2.22. The van der Waals surface area contributed by atoms with E-state index in [-0.39, 0.29) is 6.04 Å². The fourth-order valence-electron chi connectivity index (χ4n) is 3.24. The highest BCUT2D eigenvalue weighted by atomic mass is 16.5. The highest BCUT2D eigenvalue weighted by Gasteiger charge is 2.22. The second-order valence-corrected chi connectivity index (χ2v) is 6.62. The Balaban J connectivity index is 1.73. The maximum absolute atomic E-state index is 5.27. The smallest absolute Gasteiger partial charge is 0.297 e. The second kappa shape index (κ2) is 9.25. The van der Waals surface area contributed by atoms with Gasteiger partial charge in [0.2, 0.25) is 0 Å². The third kappa shape index (κ3) is 5.34. The summed E-state index contributed by atoms with van der Waals surface area (Å²) in [5, 5.41) is 3.58. The van der Waals surface area contributed by atoms with Crippen LogP contribution in [0.2, 0.25) is 0 Å². The second-order valence-electron chi connectivity index (χ2n) is 6.62. The summed E-state index contributed by atoms with van der Waals surface area (Å²) in [4.78, 5) is 4.77. The van der Waals surface area contributed by atoms with Gasteiger partial charge in [-0.2, -0.15) is 0 Å². The summed E-state index contributed by atoms with van der Waals surface area (Å²) in [6, 6.07) is 22.4. The van der Waals surface area contributed by atoms with Crippen molar-refractivity contribution in [3.8, 4) is 11.8 Å². The molecule has 0 heterocycles. The van der Waals surface area contributed by atoms with Gasteiger partial charge in [0.25, 0.3) is 12.1 Å². The van der Waals surface area contributed by atoms with Crippen LogP contribution in [0.5, 0.6) is 5.75 Å². The maximum Gasteiger partial charge on any atom is 0.297 e. The van der Waals surface area contributed by atoms with Crippen molar-refractivity contribution in [3.63, 3.8) is 0 Å². The van der Waals surface area contributed by atoms with Gasteiger partial charge in [-0.3, -0.25) is 5.32 Å². The van der Waals surface area contributed by atoms with Gasteiger partial charge in [-0.05, 0) is 36.1 Å². The predicted molar refractivity (Wildman–Crippen MR) is 103 cm³/mol. The van der Waals surface area contributed by atoms with Gasteiger partial charge in [0.05, 0.1) is 7.11 Å². The van der Waals surface area contributed by atoms with Crippen molar-refractivity contribution in [2.45, 2.75) is 50.7 Å². The largest absolute Gasteiger partial charge is 0.497 e. The molecule has 0 aliphatic heterocycles. The van der Waals surface area contributed by atoms with Crippen molar-refractivity contribution >= 4 is 0 Å². The summed E-state index contributed by atoms with van der Waals surface area (Å²) >= 11 is 0. The topological polar surface area (TPSA) is 25.6 Å². The van der Waals surface area contributed by atoms with E-state index in [9.17, 15) is 0 Å². The molecule has 0 saturated heterocycles. The Morgan fingerprint density at radius 1 is 1.04 bits per heavy atom. The number of hydrogen-bond donors (Lipinski definition) is 1. The van der Waals surface area contributed by atoms with E-state index in [1.807, 2.05) is 18.2 Å². The first-order chi connectivity index (χ1) is 12.3. The number of nitrogens with one attached hydrogen (secondary N) is 1. The normalized spacial score (nSPS) is 15.9. The quantitative estimate of drug-likeness (QED) is 0.813. The third-order valence-corrected chi connectivity index (χ3v) is 4.76. The number of rotatable bonds is 5. The maximum atomic E-state index is 5.27. The van der Waals surface area contributed by atoms with Gasteiger partial charge in [0, 0.05) is 19.4 Å². The van der Waals surface area contributed by atoms with Crippen molar-refractivity contribution in [1.82, 2.24) is 5.32 Å². The number of methoxy groups -OCH3 is 1. The van der Waals surface area contributed by atoms with Crippen molar-refractivity contribution in [2.75, 3.05) is 7.11 Å². The van der Waals surface area contributed by atoms with E-state index in [2.05, 4.69) is 47.8 Å². The lowest BCUT2D eigenvalue weighted by molar-refractivity contribution is 0.414. The van der Waals surface area contributed by atoms with Gasteiger partial charge in [-0.15, -0.1) is 0 Å². The minimum Gasteiger partial charge on any atom is -0.497 e. The molecule has 25 heavy (non-hydrogen) atoms. The molecule has 1 saturated carbocycles. The molecule has 1 aliphatic carbocycles. The first-order valence-electron chi connectivity index (χ1n) is 9.22. The predicted octanol–water partition coefficient (Wildman–Crippen LogP) is 5.19. The first-order valence-corrected chi connectivity index (χ1v) is 9.22. The summed E-state index contributed by atoms with van der Waals surface area (Å²) in [5.74, 6) is 0.870. The van der Waals surface area contributed by atoms with E-state index >= 15 is 0 Å². The Morgan fingerprint density at radius 2 is 1.76 bits per heavy atom. The zero-order valence-electron chi connectivity index (χ0n) is 14.9. The average Bonchev–Trinajstić information content (AvgIpc) is 2.70.